The molecule has 1 nitrogen and oxygen atoms in total. The zero-order valence-electron chi connectivity index (χ0n) is 29.1. The molecule has 0 saturated heterocycles. The first kappa shape index (κ1) is 30.0. The van der Waals surface area contributed by atoms with Gasteiger partial charge in [0.2, 0.25) is 0 Å². The molecule has 52 heavy (non-hydrogen) atoms. The quantitative estimate of drug-likeness (QED) is 0.159. The lowest BCUT2D eigenvalue weighted by Gasteiger charge is -2.22. The van der Waals surface area contributed by atoms with Gasteiger partial charge in [0, 0.05) is 32.6 Å². The van der Waals surface area contributed by atoms with Crippen LogP contribution in [0.15, 0.2) is 158 Å². The van der Waals surface area contributed by atoms with E-state index in [4.69, 9.17) is 0 Å². The van der Waals surface area contributed by atoms with E-state index in [2.05, 4.69) is 175 Å². The molecule has 2 aromatic heterocycles. The fraction of sp³-hybridized carbons (Fsp3) is 0.120. The molecular weight excluding hydrogens is 647 g/mol. The Morgan fingerprint density at radius 3 is 2.12 bits per heavy atom. The summed E-state index contributed by atoms with van der Waals surface area (Å²) in [5, 5.41) is 6.69. The number of hydrogen-bond donors (Lipinski definition) is 0. The van der Waals surface area contributed by atoms with Gasteiger partial charge >= 0.3 is 0 Å². The molecule has 8 aromatic rings. The van der Waals surface area contributed by atoms with Crippen LogP contribution in [-0.4, -0.2) is 4.57 Å². The van der Waals surface area contributed by atoms with Crippen LogP contribution in [0, 0.1) is 17.8 Å². The minimum absolute atomic E-state index is 0.526. The smallest absolute Gasteiger partial charge is 0.0535 e. The summed E-state index contributed by atoms with van der Waals surface area (Å²) in [5.41, 5.74) is 13.0. The molecule has 0 bridgehead atoms. The zero-order chi connectivity index (χ0) is 34.3. The molecular formula is C50H37NS. The molecule has 6 aromatic carbocycles. The highest BCUT2D eigenvalue weighted by molar-refractivity contribution is 7.16. The first-order valence-corrected chi connectivity index (χ1v) is 19.4. The maximum Gasteiger partial charge on any atom is 0.0535 e. The summed E-state index contributed by atoms with van der Waals surface area (Å²) in [6.07, 6.45) is 16.7. The molecule has 1 saturated carbocycles. The van der Waals surface area contributed by atoms with E-state index in [1.807, 2.05) is 11.3 Å². The lowest BCUT2D eigenvalue weighted by molar-refractivity contribution is 0.722. The van der Waals surface area contributed by atoms with Gasteiger partial charge in [0.1, 0.15) is 0 Å². The lowest BCUT2D eigenvalue weighted by atomic mass is 9.82. The Bertz CT molecular complexity index is 2820. The maximum atomic E-state index is 2.49. The summed E-state index contributed by atoms with van der Waals surface area (Å²) < 4.78 is 2.36. The molecule has 2 heteroatoms. The van der Waals surface area contributed by atoms with Gasteiger partial charge in [0.05, 0.1) is 5.52 Å². The highest BCUT2D eigenvalue weighted by atomic mass is 32.1. The summed E-state index contributed by atoms with van der Waals surface area (Å²) in [7, 11) is 0. The Kier molecular flexibility index (Phi) is 6.72. The van der Waals surface area contributed by atoms with E-state index in [0.717, 1.165) is 18.3 Å². The van der Waals surface area contributed by atoms with Crippen LogP contribution in [0.4, 0.5) is 0 Å². The molecule has 11 rings (SSSR count). The number of benzene rings is 6. The summed E-state index contributed by atoms with van der Waals surface area (Å²) in [5.74, 6) is 2.03. The number of fused-ring (bicyclic) bond motifs is 8. The predicted molar refractivity (Wildman–Crippen MR) is 223 cm³/mol. The minimum Gasteiger partial charge on any atom is -0.316 e. The molecule has 0 aliphatic heterocycles. The number of nitrogens with zero attached hydrogens (tertiary/aromatic N) is 1. The van der Waals surface area contributed by atoms with E-state index in [9.17, 15) is 0 Å². The largest absolute Gasteiger partial charge is 0.316 e. The van der Waals surface area contributed by atoms with Crippen LogP contribution in [0.2, 0.25) is 0 Å². The van der Waals surface area contributed by atoms with Gasteiger partial charge in [-0.05, 0) is 134 Å². The molecule has 0 amide bonds. The molecule has 0 radical (unpaired) electrons. The van der Waals surface area contributed by atoms with E-state index in [0.29, 0.717) is 5.92 Å². The Morgan fingerprint density at radius 1 is 0.577 bits per heavy atom. The normalized spacial score (nSPS) is 18.9. The molecule has 0 spiro atoms. The zero-order valence-corrected chi connectivity index (χ0v) is 29.9. The van der Waals surface area contributed by atoms with Crippen molar-refractivity contribution >= 4 is 55.4 Å². The van der Waals surface area contributed by atoms with Gasteiger partial charge in [0.15, 0.2) is 0 Å². The van der Waals surface area contributed by atoms with Crippen molar-refractivity contribution in [2.45, 2.75) is 19.8 Å². The van der Waals surface area contributed by atoms with Gasteiger partial charge < -0.3 is 4.57 Å². The summed E-state index contributed by atoms with van der Waals surface area (Å²) in [4.78, 5) is 2.66. The number of aromatic nitrogens is 1. The molecule has 3 atom stereocenters. The van der Waals surface area contributed by atoms with E-state index >= 15 is 0 Å². The Morgan fingerprint density at radius 2 is 1.29 bits per heavy atom. The molecule has 3 aliphatic rings. The van der Waals surface area contributed by atoms with Crippen LogP contribution in [0.3, 0.4) is 0 Å². The Hall–Kier alpha value is -5.70. The van der Waals surface area contributed by atoms with Crippen molar-refractivity contribution in [3.63, 3.8) is 0 Å². The van der Waals surface area contributed by atoms with E-state index in [1.165, 1.54) is 98.8 Å². The highest BCUT2D eigenvalue weighted by Crippen LogP contribution is 2.48. The van der Waals surface area contributed by atoms with Crippen LogP contribution in [0.5, 0.6) is 0 Å². The second kappa shape index (κ2) is 11.7. The number of thiophene rings is 1. The number of hydrogen-bond acceptors (Lipinski definition) is 1. The van der Waals surface area contributed by atoms with Gasteiger partial charge in [-0.15, -0.1) is 11.3 Å². The average Bonchev–Trinajstić information content (AvgIpc) is 3.64. The van der Waals surface area contributed by atoms with E-state index < -0.39 is 0 Å². The standard InChI is InChI=1S/C50H37NS/c1-31-15-20-42-40-13-7-8-14-41(40)43-21-18-33(28-45(43)44(42)25-31)38-11-5-6-12-39(38)34-19-22-48-46(29-34)47(30-51(48)37-9-3-2-4-10-37)50-24-23-49(52-50)35-17-16-32-26-36(32)27-35/h2-24,27-32,36H,25-26H2,1H3. The second-order valence-electron chi connectivity index (χ2n) is 15.0. The lowest BCUT2D eigenvalue weighted by Crippen LogP contribution is -2.05. The Balaban J connectivity index is 1.07. The average molecular weight is 684 g/mol. The SMILES string of the molecule is CC1C=Cc2c(c3cc(-c4ccccc4-c4ccc5c(c4)c(-c4ccc(C6=CC7CC7C=C6)s4)cn5-c4ccccc4)ccc3c3ccccc23)C1. The predicted octanol–water partition coefficient (Wildman–Crippen LogP) is 13.8. The molecule has 248 valence electrons. The van der Waals surface area contributed by atoms with Crippen molar-refractivity contribution in [1.29, 1.82) is 0 Å². The molecule has 1 fully saturated rings. The van der Waals surface area contributed by atoms with E-state index in [1.54, 1.807) is 0 Å². The molecule has 3 aliphatic carbocycles. The minimum atomic E-state index is 0.526. The molecule has 3 unspecified atom stereocenters. The van der Waals surface area contributed by atoms with Gasteiger partial charge in [-0.2, -0.15) is 0 Å². The first-order valence-electron chi connectivity index (χ1n) is 18.6. The van der Waals surface area contributed by atoms with Crippen molar-refractivity contribution in [3.8, 4) is 38.4 Å². The van der Waals surface area contributed by atoms with Gasteiger partial charge in [0.25, 0.3) is 0 Å². The third-order valence-electron chi connectivity index (χ3n) is 11.6. The van der Waals surface area contributed by atoms with Gasteiger partial charge in [-0.1, -0.05) is 122 Å². The monoisotopic (exact) mass is 683 g/mol. The van der Waals surface area contributed by atoms with Crippen molar-refractivity contribution in [2.75, 3.05) is 0 Å². The maximum absolute atomic E-state index is 2.49. The van der Waals surface area contributed by atoms with Gasteiger partial charge in [-0.25, -0.2) is 0 Å². The third kappa shape index (κ3) is 4.82. The second-order valence-corrected chi connectivity index (χ2v) is 16.1. The van der Waals surface area contributed by atoms with Crippen LogP contribution >= 0.6 is 11.3 Å². The fourth-order valence-electron chi connectivity index (χ4n) is 8.86. The van der Waals surface area contributed by atoms with Crippen LogP contribution < -0.4 is 0 Å². The highest BCUT2D eigenvalue weighted by Gasteiger charge is 2.35. The summed E-state index contributed by atoms with van der Waals surface area (Å²) in [6, 6.07) is 47.5. The van der Waals surface area contributed by atoms with E-state index in [-0.39, 0.29) is 0 Å². The number of rotatable bonds is 5. The van der Waals surface area contributed by atoms with Crippen molar-refractivity contribution < 1.29 is 0 Å². The Labute approximate surface area is 308 Å². The fourth-order valence-corrected chi connectivity index (χ4v) is 9.90. The topological polar surface area (TPSA) is 4.93 Å². The number of para-hydroxylation sites is 1. The van der Waals surface area contributed by atoms with Crippen molar-refractivity contribution in [1.82, 2.24) is 4.57 Å². The molecule has 2 heterocycles. The van der Waals surface area contributed by atoms with Crippen LogP contribution in [0.25, 0.3) is 82.5 Å². The first-order chi connectivity index (χ1) is 25.7. The summed E-state index contributed by atoms with van der Waals surface area (Å²) >= 11 is 1.91. The van der Waals surface area contributed by atoms with Crippen LogP contribution in [-0.2, 0) is 6.42 Å². The third-order valence-corrected chi connectivity index (χ3v) is 12.8. The van der Waals surface area contributed by atoms with Gasteiger partial charge in [-0.3, -0.25) is 0 Å². The van der Waals surface area contributed by atoms with Crippen LogP contribution in [0.1, 0.15) is 29.3 Å². The van der Waals surface area contributed by atoms with Crippen molar-refractivity contribution in [3.05, 3.63) is 174 Å². The molecule has 0 N–H and O–H groups in total. The summed E-state index contributed by atoms with van der Waals surface area (Å²) in [6.45, 7) is 2.33. The number of allylic oxidation sites excluding steroid dienone is 5. The van der Waals surface area contributed by atoms with Crippen molar-refractivity contribution in [2.24, 2.45) is 17.8 Å².